The van der Waals surface area contributed by atoms with Gasteiger partial charge in [-0.25, -0.2) is 9.78 Å². The molecule has 1 aromatic heterocycles. The van der Waals surface area contributed by atoms with Gasteiger partial charge in [0.1, 0.15) is 5.76 Å². The van der Waals surface area contributed by atoms with Gasteiger partial charge in [-0.15, -0.1) is 0 Å². The van der Waals surface area contributed by atoms with Crippen molar-refractivity contribution >= 4 is 11.7 Å². The molecule has 134 valence electrons. The fourth-order valence-electron chi connectivity index (χ4n) is 3.16. The SMILES string of the molecule is CCN(C)C[C@@H]1CCN(C(=O)Nc2cccc(-c3ncc(C)o3)c2)C1. The summed E-state index contributed by atoms with van der Waals surface area (Å²) in [6.45, 7) is 7.72. The molecule has 1 fully saturated rings. The smallest absolute Gasteiger partial charge is 0.321 e. The predicted octanol–water partition coefficient (Wildman–Crippen LogP) is 3.46. The highest BCUT2D eigenvalue weighted by atomic mass is 16.4. The second-order valence-electron chi connectivity index (χ2n) is 6.74. The highest BCUT2D eigenvalue weighted by molar-refractivity contribution is 5.90. The fraction of sp³-hybridized carbons (Fsp3) is 0.474. The molecule has 0 aliphatic carbocycles. The van der Waals surface area contributed by atoms with Gasteiger partial charge in [-0.2, -0.15) is 0 Å². The minimum atomic E-state index is -0.0395. The van der Waals surface area contributed by atoms with Crippen molar-refractivity contribution in [3.63, 3.8) is 0 Å². The number of oxazole rings is 1. The first-order valence-corrected chi connectivity index (χ1v) is 8.82. The van der Waals surface area contributed by atoms with Gasteiger partial charge < -0.3 is 19.5 Å². The van der Waals surface area contributed by atoms with Crippen LogP contribution in [-0.2, 0) is 0 Å². The number of hydrogen-bond donors (Lipinski definition) is 1. The Hall–Kier alpha value is -2.34. The molecule has 2 heterocycles. The highest BCUT2D eigenvalue weighted by Crippen LogP contribution is 2.23. The van der Waals surface area contributed by atoms with Gasteiger partial charge in [0.25, 0.3) is 0 Å². The maximum absolute atomic E-state index is 12.5. The molecule has 1 atom stereocenters. The van der Waals surface area contributed by atoms with Crippen LogP contribution in [0.25, 0.3) is 11.5 Å². The van der Waals surface area contributed by atoms with Gasteiger partial charge >= 0.3 is 6.03 Å². The molecule has 0 unspecified atom stereocenters. The van der Waals surface area contributed by atoms with Crippen molar-refractivity contribution in [2.45, 2.75) is 20.3 Å². The lowest BCUT2D eigenvalue weighted by Gasteiger charge is -2.20. The number of amides is 2. The van der Waals surface area contributed by atoms with Crippen LogP contribution in [0.3, 0.4) is 0 Å². The van der Waals surface area contributed by atoms with Crippen LogP contribution in [0.1, 0.15) is 19.1 Å². The summed E-state index contributed by atoms with van der Waals surface area (Å²) in [5.41, 5.74) is 1.61. The molecule has 0 radical (unpaired) electrons. The fourth-order valence-corrected chi connectivity index (χ4v) is 3.16. The molecule has 0 spiro atoms. The summed E-state index contributed by atoms with van der Waals surface area (Å²) in [6.07, 6.45) is 2.76. The standard InChI is InChI=1S/C19H26N4O2/c1-4-22(3)12-15-8-9-23(13-15)19(24)21-17-7-5-6-16(10-17)18-20-11-14(2)25-18/h5-7,10-11,15H,4,8-9,12-13H2,1-3H3,(H,21,24)/t15-/m0/s1. The molecule has 6 nitrogen and oxygen atoms in total. The average molecular weight is 342 g/mol. The van der Waals surface area contributed by atoms with E-state index < -0.39 is 0 Å². The molecule has 6 heteroatoms. The Kier molecular flexibility index (Phi) is 5.38. The lowest BCUT2D eigenvalue weighted by atomic mass is 10.1. The monoisotopic (exact) mass is 342 g/mol. The van der Waals surface area contributed by atoms with Crippen LogP contribution in [0, 0.1) is 12.8 Å². The quantitative estimate of drug-likeness (QED) is 0.904. The molecule has 25 heavy (non-hydrogen) atoms. The Balaban J connectivity index is 1.60. The molecule has 2 aromatic rings. The molecular formula is C19H26N4O2. The van der Waals surface area contributed by atoms with Crippen LogP contribution in [0.4, 0.5) is 10.5 Å². The summed E-state index contributed by atoms with van der Waals surface area (Å²) < 4.78 is 5.55. The molecule has 0 saturated carbocycles. The minimum absolute atomic E-state index is 0.0395. The van der Waals surface area contributed by atoms with Crippen LogP contribution in [0.5, 0.6) is 0 Å². The third-order valence-electron chi connectivity index (χ3n) is 4.66. The summed E-state index contributed by atoms with van der Waals surface area (Å²) in [4.78, 5) is 21.0. The number of benzene rings is 1. The lowest BCUT2D eigenvalue weighted by Crippen LogP contribution is -2.34. The number of carbonyl (C=O) groups excluding carboxylic acids is 1. The van der Waals surface area contributed by atoms with Crippen molar-refractivity contribution in [3.8, 4) is 11.5 Å². The number of likely N-dealkylation sites (tertiary alicyclic amines) is 1. The number of nitrogens with zero attached hydrogens (tertiary/aromatic N) is 3. The van der Waals surface area contributed by atoms with Crippen LogP contribution < -0.4 is 5.32 Å². The first-order valence-electron chi connectivity index (χ1n) is 8.82. The maximum atomic E-state index is 12.5. The Morgan fingerprint density at radius 1 is 1.48 bits per heavy atom. The largest absolute Gasteiger partial charge is 0.441 e. The van der Waals surface area contributed by atoms with Crippen LogP contribution in [-0.4, -0.2) is 54.0 Å². The maximum Gasteiger partial charge on any atom is 0.321 e. The third kappa shape index (κ3) is 4.39. The second kappa shape index (κ2) is 7.70. The van der Waals surface area contributed by atoms with E-state index >= 15 is 0 Å². The van der Waals surface area contributed by atoms with E-state index in [9.17, 15) is 4.79 Å². The number of hydrogen-bond acceptors (Lipinski definition) is 4. The minimum Gasteiger partial charge on any atom is -0.441 e. The van der Waals surface area contributed by atoms with Gasteiger partial charge in [-0.05, 0) is 51.1 Å². The summed E-state index contributed by atoms with van der Waals surface area (Å²) >= 11 is 0. The van der Waals surface area contributed by atoms with E-state index in [0.29, 0.717) is 11.8 Å². The molecule has 1 aromatic carbocycles. The van der Waals surface area contributed by atoms with Crippen LogP contribution in [0.15, 0.2) is 34.9 Å². The van der Waals surface area contributed by atoms with Gasteiger partial charge in [0, 0.05) is 30.9 Å². The highest BCUT2D eigenvalue weighted by Gasteiger charge is 2.26. The number of aromatic nitrogens is 1. The number of nitrogens with one attached hydrogen (secondary N) is 1. The normalized spacial score (nSPS) is 17.3. The molecule has 0 bridgehead atoms. The zero-order chi connectivity index (χ0) is 17.8. The molecule has 1 saturated heterocycles. The van der Waals surface area contributed by atoms with Crippen LogP contribution in [0.2, 0.25) is 0 Å². The summed E-state index contributed by atoms with van der Waals surface area (Å²) in [6, 6.07) is 7.56. The van der Waals surface area contributed by atoms with Gasteiger partial charge in [0.05, 0.1) is 6.20 Å². The summed E-state index contributed by atoms with van der Waals surface area (Å²) in [5.74, 6) is 1.89. The van der Waals surface area contributed by atoms with E-state index in [2.05, 4.69) is 29.2 Å². The van der Waals surface area contributed by atoms with E-state index in [4.69, 9.17) is 4.42 Å². The van der Waals surface area contributed by atoms with Gasteiger partial charge in [-0.3, -0.25) is 0 Å². The number of urea groups is 1. The third-order valence-corrected chi connectivity index (χ3v) is 4.66. The van der Waals surface area contributed by atoms with E-state index in [-0.39, 0.29) is 6.03 Å². The Bertz CT molecular complexity index is 728. The Morgan fingerprint density at radius 3 is 3.04 bits per heavy atom. The Morgan fingerprint density at radius 2 is 2.32 bits per heavy atom. The topological polar surface area (TPSA) is 61.6 Å². The molecule has 1 aliphatic rings. The number of aryl methyl sites for hydroxylation is 1. The van der Waals surface area contributed by atoms with Crippen molar-refractivity contribution in [2.75, 3.05) is 38.5 Å². The van der Waals surface area contributed by atoms with Crippen molar-refractivity contribution in [1.29, 1.82) is 0 Å². The van der Waals surface area contributed by atoms with Gasteiger partial charge in [0.15, 0.2) is 0 Å². The van der Waals surface area contributed by atoms with E-state index in [1.807, 2.05) is 36.1 Å². The van der Waals surface area contributed by atoms with E-state index in [0.717, 1.165) is 49.6 Å². The predicted molar refractivity (Wildman–Crippen MR) is 98.5 cm³/mol. The zero-order valence-electron chi connectivity index (χ0n) is 15.2. The second-order valence-corrected chi connectivity index (χ2v) is 6.74. The number of carbonyl (C=O) groups is 1. The summed E-state index contributed by atoms with van der Waals surface area (Å²) in [5, 5.41) is 2.99. The molecule has 3 rings (SSSR count). The number of anilines is 1. The zero-order valence-corrected chi connectivity index (χ0v) is 15.2. The Labute approximate surface area is 148 Å². The first kappa shape index (κ1) is 17.5. The molecule has 1 N–H and O–H groups in total. The lowest BCUT2D eigenvalue weighted by molar-refractivity contribution is 0.218. The molecular weight excluding hydrogens is 316 g/mol. The van der Waals surface area contributed by atoms with E-state index in [1.54, 1.807) is 6.20 Å². The average Bonchev–Trinajstić information content (AvgIpc) is 3.24. The molecule has 1 aliphatic heterocycles. The van der Waals surface area contributed by atoms with E-state index in [1.165, 1.54) is 0 Å². The van der Waals surface area contributed by atoms with Gasteiger partial charge in [-0.1, -0.05) is 13.0 Å². The van der Waals surface area contributed by atoms with Crippen molar-refractivity contribution in [3.05, 3.63) is 36.2 Å². The number of rotatable bonds is 5. The molecule has 2 amide bonds. The van der Waals surface area contributed by atoms with Crippen LogP contribution >= 0.6 is 0 Å². The van der Waals surface area contributed by atoms with Crippen molar-refractivity contribution < 1.29 is 9.21 Å². The first-order chi connectivity index (χ1) is 12.0. The van der Waals surface area contributed by atoms with Gasteiger partial charge in [0.2, 0.25) is 5.89 Å². The summed E-state index contributed by atoms with van der Waals surface area (Å²) in [7, 11) is 2.12. The van der Waals surface area contributed by atoms with Crippen molar-refractivity contribution in [1.82, 2.24) is 14.8 Å². The van der Waals surface area contributed by atoms with Crippen molar-refractivity contribution in [2.24, 2.45) is 5.92 Å².